The summed E-state index contributed by atoms with van der Waals surface area (Å²) in [5.74, 6) is 0.0985. The number of fused-ring (bicyclic) bond motifs is 3. The minimum atomic E-state index is -0.583. The number of rotatable bonds is 1. The quantitative estimate of drug-likeness (QED) is 0.773. The third-order valence-corrected chi connectivity index (χ3v) is 4.35. The van der Waals surface area contributed by atoms with Gasteiger partial charge in [0.2, 0.25) is 0 Å². The summed E-state index contributed by atoms with van der Waals surface area (Å²) >= 11 is 0. The number of anilines is 2. The fraction of sp³-hybridized carbons (Fsp3) is 0.467. The molecule has 0 aliphatic carbocycles. The Morgan fingerprint density at radius 2 is 1.95 bits per heavy atom. The highest BCUT2D eigenvalue weighted by Crippen LogP contribution is 2.54. The van der Waals surface area contributed by atoms with Gasteiger partial charge in [0.1, 0.15) is 11.1 Å². The molecule has 0 N–H and O–H groups in total. The largest absolute Gasteiger partial charge is 0.337 e. The first-order valence-corrected chi connectivity index (χ1v) is 6.60. The lowest BCUT2D eigenvalue weighted by Gasteiger charge is -2.63. The van der Waals surface area contributed by atoms with Gasteiger partial charge in [-0.05, 0) is 32.9 Å². The van der Waals surface area contributed by atoms with Crippen LogP contribution < -0.4 is 9.80 Å². The lowest BCUT2D eigenvalue weighted by Crippen LogP contribution is -2.78. The number of likely N-dealkylation sites (N-methyl/N-ethyl adjacent to an activating group) is 1. The van der Waals surface area contributed by atoms with Gasteiger partial charge in [-0.3, -0.25) is 4.79 Å². The second-order valence-corrected chi connectivity index (χ2v) is 5.71. The highest BCUT2D eigenvalue weighted by molar-refractivity contribution is 6.10. The Morgan fingerprint density at radius 1 is 1.32 bits per heavy atom. The van der Waals surface area contributed by atoms with Crippen LogP contribution in [-0.2, 0) is 4.79 Å². The van der Waals surface area contributed by atoms with E-state index in [0.717, 1.165) is 11.4 Å². The van der Waals surface area contributed by atoms with Gasteiger partial charge in [0.25, 0.3) is 5.91 Å². The number of para-hydroxylation sites is 2. The molecule has 0 spiro atoms. The number of nitriles is 1. The van der Waals surface area contributed by atoms with E-state index in [9.17, 15) is 10.1 Å². The molecule has 2 heterocycles. The smallest absolute Gasteiger partial charge is 0.252 e. The summed E-state index contributed by atoms with van der Waals surface area (Å²) in [7, 11) is 0. The molecule has 1 saturated heterocycles. The zero-order valence-corrected chi connectivity index (χ0v) is 11.5. The topological polar surface area (TPSA) is 47.3 Å². The van der Waals surface area contributed by atoms with Crippen molar-refractivity contribution in [2.75, 3.05) is 16.3 Å². The standard InChI is InChI=1S/C15H17N3O/c1-4-17-11-7-5-6-8-12(11)18-14(2,10-16)9-15(18,3)13(17)19/h5-8H,4,9H2,1-3H3. The highest BCUT2D eigenvalue weighted by atomic mass is 16.2. The van der Waals surface area contributed by atoms with Crippen LogP contribution in [0.25, 0.3) is 0 Å². The van der Waals surface area contributed by atoms with Crippen molar-refractivity contribution in [2.45, 2.75) is 38.3 Å². The second-order valence-electron chi connectivity index (χ2n) is 5.71. The summed E-state index contributed by atoms with van der Waals surface area (Å²) in [6.07, 6.45) is 0.583. The lowest BCUT2D eigenvalue weighted by atomic mass is 9.68. The molecule has 0 aromatic heterocycles. The van der Waals surface area contributed by atoms with E-state index in [1.807, 2.05) is 54.8 Å². The maximum absolute atomic E-state index is 12.7. The van der Waals surface area contributed by atoms with E-state index in [1.165, 1.54) is 0 Å². The van der Waals surface area contributed by atoms with Crippen LogP contribution >= 0.6 is 0 Å². The van der Waals surface area contributed by atoms with Gasteiger partial charge in [-0.25, -0.2) is 0 Å². The van der Waals surface area contributed by atoms with Gasteiger partial charge < -0.3 is 9.80 Å². The van der Waals surface area contributed by atoms with E-state index in [0.29, 0.717) is 13.0 Å². The van der Waals surface area contributed by atoms with Crippen molar-refractivity contribution in [1.29, 1.82) is 5.26 Å². The maximum Gasteiger partial charge on any atom is 0.252 e. The SMILES string of the molecule is CCN1C(=O)C2(C)CC(C)(C#N)N2c2ccccc21. The number of benzene rings is 1. The van der Waals surface area contributed by atoms with Crippen molar-refractivity contribution in [3.63, 3.8) is 0 Å². The molecule has 2 aliphatic heterocycles. The molecule has 0 bridgehead atoms. The van der Waals surface area contributed by atoms with Gasteiger partial charge in [-0.1, -0.05) is 12.1 Å². The molecule has 19 heavy (non-hydrogen) atoms. The predicted octanol–water partition coefficient (Wildman–Crippen LogP) is 2.30. The van der Waals surface area contributed by atoms with Crippen molar-refractivity contribution < 1.29 is 4.79 Å². The Kier molecular flexibility index (Phi) is 2.22. The molecule has 2 atom stereocenters. The summed E-state index contributed by atoms with van der Waals surface area (Å²) in [5.41, 5.74) is 0.741. The molecule has 98 valence electrons. The minimum absolute atomic E-state index is 0.0985. The summed E-state index contributed by atoms with van der Waals surface area (Å²) in [6, 6.07) is 10.2. The van der Waals surface area contributed by atoms with Crippen molar-refractivity contribution >= 4 is 17.3 Å². The number of carbonyl (C=O) groups excluding carboxylic acids is 1. The molecule has 1 aromatic carbocycles. The van der Waals surface area contributed by atoms with Crippen molar-refractivity contribution in [3.8, 4) is 6.07 Å². The number of amides is 1. The van der Waals surface area contributed by atoms with Gasteiger partial charge in [-0.15, -0.1) is 0 Å². The Balaban J connectivity index is 2.22. The van der Waals surface area contributed by atoms with Crippen LogP contribution in [0.2, 0.25) is 0 Å². The van der Waals surface area contributed by atoms with E-state index in [1.54, 1.807) is 0 Å². The van der Waals surface area contributed by atoms with Gasteiger partial charge in [-0.2, -0.15) is 5.26 Å². The maximum atomic E-state index is 12.7. The second kappa shape index (κ2) is 3.51. The van der Waals surface area contributed by atoms with Gasteiger partial charge >= 0.3 is 0 Å². The summed E-state index contributed by atoms with van der Waals surface area (Å²) in [5, 5.41) is 9.42. The average molecular weight is 255 g/mol. The molecule has 4 heteroatoms. The first-order valence-electron chi connectivity index (χ1n) is 6.60. The molecule has 1 aromatic rings. The van der Waals surface area contributed by atoms with E-state index in [2.05, 4.69) is 6.07 Å². The van der Waals surface area contributed by atoms with Gasteiger partial charge in [0.05, 0.1) is 17.4 Å². The molecular weight excluding hydrogens is 238 g/mol. The van der Waals surface area contributed by atoms with Crippen LogP contribution in [0.1, 0.15) is 27.2 Å². The number of hydrogen-bond donors (Lipinski definition) is 0. The highest BCUT2D eigenvalue weighted by Gasteiger charge is 2.64. The summed E-state index contributed by atoms with van der Waals surface area (Å²) < 4.78 is 0. The number of hydrogen-bond acceptors (Lipinski definition) is 3. The van der Waals surface area contributed by atoms with E-state index < -0.39 is 11.1 Å². The first kappa shape index (κ1) is 12.0. The zero-order valence-electron chi connectivity index (χ0n) is 11.5. The third-order valence-electron chi connectivity index (χ3n) is 4.35. The molecule has 0 saturated carbocycles. The molecule has 3 rings (SSSR count). The van der Waals surface area contributed by atoms with E-state index in [4.69, 9.17) is 0 Å². The van der Waals surface area contributed by atoms with Crippen LogP contribution in [0.15, 0.2) is 24.3 Å². The molecule has 4 nitrogen and oxygen atoms in total. The molecule has 2 aliphatic rings. The average Bonchev–Trinajstić information content (AvgIpc) is 2.39. The molecule has 1 amide bonds. The van der Waals surface area contributed by atoms with Crippen LogP contribution in [0.5, 0.6) is 0 Å². The van der Waals surface area contributed by atoms with Crippen LogP contribution in [0.3, 0.4) is 0 Å². The number of nitrogens with zero attached hydrogens (tertiary/aromatic N) is 3. The molecule has 0 radical (unpaired) electrons. The molecule has 2 unspecified atom stereocenters. The Hall–Kier alpha value is -2.02. The van der Waals surface area contributed by atoms with E-state index >= 15 is 0 Å². The van der Waals surface area contributed by atoms with Crippen molar-refractivity contribution in [1.82, 2.24) is 0 Å². The summed E-state index contributed by atoms with van der Waals surface area (Å²) in [6.45, 7) is 6.48. The Bertz CT molecular complexity index is 606. The third kappa shape index (κ3) is 1.25. The van der Waals surface area contributed by atoms with Crippen molar-refractivity contribution in [2.24, 2.45) is 0 Å². The van der Waals surface area contributed by atoms with E-state index in [-0.39, 0.29) is 5.91 Å². The number of carbonyl (C=O) groups is 1. The summed E-state index contributed by atoms with van der Waals surface area (Å²) in [4.78, 5) is 16.5. The van der Waals surface area contributed by atoms with Gasteiger partial charge in [0.15, 0.2) is 0 Å². The minimum Gasteiger partial charge on any atom is -0.337 e. The monoisotopic (exact) mass is 255 g/mol. The predicted molar refractivity (Wildman–Crippen MR) is 74.0 cm³/mol. The Morgan fingerprint density at radius 3 is 2.53 bits per heavy atom. The van der Waals surface area contributed by atoms with Crippen LogP contribution in [0.4, 0.5) is 11.4 Å². The Labute approximate surface area is 113 Å². The molecule has 1 fully saturated rings. The van der Waals surface area contributed by atoms with Crippen LogP contribution in [0, 0.1) is 11.3 Å². The fourth-order valence-electron chi connectivity index (χ4n) is 3.67. The first-order chi connectivity index (χ1) is 8.98. The fourth-order valence-corrected chi connectivity index (χ4v) is 3.67. The zero-order chi connectivity index (χ0) is 13.8. The van der Waals surface area contributed by atoms with Crippen LogP contribution in [-0.4, -0.2) is 23.5 Å². The van der Waals surface area contributed by atoms with Gasteiger partial charge in [0, 0.05) is 13.0 Å². The van der Waals surface area contributed by atoms with Crippen molar-refractivity contribution in [3.05, 3.63) is 24.3 Å². The molecular formula is C15H17N3O. The lowest BCUT2D eigenvalue weighted by molar-refractivity contribution is -0.127. The normalized spacial score (nSPS) is 32.2.